The second-order valence-electron chi connectivity index (χ2n) is 7.91. The number of aliphatic imine (C=N–C) groups is 1. The predicted octanol–water partition coefficient (Wildman–Crippen LogP) is 4.63. The summed E-state index contributed by atoms with van der Waals surface area (Å²) in [6.07, 6.45) is 1.44. The SMILES string of the molecule is COC(=O)C1(C(=O)OC)CC(c2ccco2)=C(Nc2ccc(OC)cc2)C1=Nc1ccc(OC)cc1. The fourth-order valence-corrected chi connectivity index (χ4v) is 4.11. The van der Waals surface area contributed by atoms with Gasteiger partial charge in [0.2, 0.25) is 5.41 Å². The average Bonchev–Trinajstić information content (AvgIpc) is 3.56. The fourth-order valence-electron chi connectivity index (χ4n) is 4.11. The average molecular weight is 491 g/mol. The lowest BCUT2D eigenvalue weighted by Gasteiger charge is -2.25. The lowest BCUT2D eigenvalue weighted by Crippen LogP contribution is -2.46. The van der Waals surface area contributed by atoms with E-state index in [1.165, 1.54) is 20.5 Å². The Morgan fingerprint density at radius 3 is 1.94 bits per heavy atom. The van der Waals surface area contributed by atoms with E-state index in [9.17, 15) is 9.59 Å². The van der Waals surface area contributed by atoms with Crippen LogP contribution in [-0.2, 0) is 19.1 Å². The van der Waals surface area contributed by atoms with Gasteiger partial charge in [-0.2, -0.15) is 0 Å². The van der Waals surface area contributed by atoms with E-state index in [0.717, 1.165) is 0 Å². The van der Waals surface area contributed by atoms with Crippen molar-refractivity contribution in [2.45, 2.75) is 6.42 Å². The molecule has 0 amide bonds. The molecule has 2 aromatic carbocycles. The molecule has 0 saturated heterocycles. The summed E-state index contributed by atoms with van der Waals surface area (Å²) in [5.74, 6) is 0.205. The van der Waals surface area contributed by atoms with Crippen LogP contribution in [0, 0.1) is 5.41 Å². The minimum Gasteiger partial charge on any atom is -0.497 e. The molecule has 0 spiro atoms. The van der Waals surface area contributed by atoms with Gasteiger partial charge < -0.3 is 28.7 Å². The largest absolute Gasteiger partial charge is 0.497 e. The van der Waals surface area contributed by atoms with E-state index < -0.39 is 17.4 Å². The number of carbonyl (C=O) groups is 2. The van der Waals surface area contributed by atoms with Crippen molar-refractivity contribution in [1.29, 1.82) is 0 Å². The first-order valence-corrected chi connectivity index (χ1v) is 11.0. The molecule has 3 aromatic rings. The molecule has 1 aromatic heterocycles. The van der Waals surface area contributed by atoms with Gasteiger partial charge in [0.25, 0.3) is 0 Å². The van der Waals surface area contributed by atoms with Gasteiger partial charge in [-0.1, -0.05) is 0 Å². The van der Waals surface area contributed by atoms with Gasteiger partial charge in [0.05, 0.1) is 51.8 Å². The number of rotatable bonds is 8. The second-order valence-corrected chi connectivity index (χ2v) is 7.91. The van der Waals surface area contributed by atoms with E-state index in [2.05, 4.69) is 5.32 Å². The minimum absolute atomic E-state index is 0.0761. The molecule has 0 fully saturated rings. The number of hydrogen-bond donors (Lipinski definition) is 1. The van der Waals surface area contributed by atoms with Gasteiger partial charge >= 0.3 is 11.9 Å². The maximum Gasteiger partial charge on any atom is 0.329 e. The van der Waals surface area contributed by atoms with Crippen molar-refractivity contribution in [3.63, 3.8) is 0 Å². The zero-order chi connectivity index (χ0) is 25.7. The van der Waals surface area contributed by atoms with Gasteiger partial charge in [-0.05, 0) is 60.7 Å². The van der Waals surface area contributed by atoms with Crippen LogP contribution in [0.4, 0.5) is 11.4 Å². The fraction of sp³-hybridized carbons (Fsp3) is 0.222. The van der Waals surface area contributed by atoms with Gasteiger partial charge in [0.1, 0.15) is 17.3 Å². The van der Waals surface area contributed by atoms with Gasteiger partial charge in [0, 0.05) is 17.7 Å². The molecule has 9 nitrogen and oxygen atoms in total. The van der Waals surface area contributed by atoms with Crippen molar-refractivity contribution in [1.82, 2.24) is 0 Å². The molecule has 1 N–H and O–H groups in total. The summed E-state index contributed by atoms with van der Waals surface area (Å²) in [6.45, 7) is 0. The number of furan rings is 1. The Morgan fingerprint density at radius 1 is 0.861 bits per heavy atom. The van der Waals surface area contributed by atoms with Crippen molar-refractivity contribution < 1.29 is 33.0 Å². The molecule has 0 saturated carbocycles. The zero-order valence-corrected chi connectivity index (χ0v) is 20.4. The standard InChI is InChI=1S/C27H26N2O7/c1-32-19-11-7-17(8-12-19)28-23-21(22-6-5-15-36-22)16-27(25(30)34-3,26(31)35-4)24(23)29-18-9-13-20(33-2)14-10-18/h5-15,28H,16H2,1-4H3. The first-order chi connectivity index (χ1) is 17.5. The number of anilines is 1. The summed E-state index contributed by atoms with van der Waals surface area (Å²) in [7, 11) is 5.59. The first kappa shape index (κ1) is 24.6. The van der Waals surface area contributed by atoms with Crippen molar-refractivity contribution in [2.24, 2.45) is 10.4 Å². The van der Waals surface area contributed by atoms with Crippen LogP contribution in [0.1, 0.15) is 12.2 Å². The zero-order valence-electron chi connectivity index (χ0n) is 20.4. The van der Waals surface area contributed by atoms with E-state index in [1.54, 1.807) is 62.8 Å². The summed E-state index contributed by atoms with van der Waals surface area (Å²) in [6, 6.07) is 17.6. The molecular formula is C27H26N2O7. The number of hydrogen-bond acceptors (Lipinski definition) is 9. The number of nitrogens with one attached hydrogen (secondary N) is 1. The third kappa shape index (κ3) is 4.43. The Hall–Kier alpha value is -4.53. The Bertz CT molecular complexity index is 1270. The number of methoxy groups -OCH3 is 4. The highest BCUT2D eigenvalue weighted by Crippen LogP contribution is 2.47. The molecule has 1 aliphatic rings. The Labute approximate surface area is 208 Å². The van der Waals surface area contributed by atoms with Crippen molar-refractivity contribution in [3.8, 4) is 11.5 Å². The van der Waals surface area contributed by atoms with Crippen LogP contribution >= 0.6 is 0 Å². The maximum absolute atomic E-state index is 13.3. The van der Waals surface area contributed by atoms with Crippen molar-refractivity contribution in [2.75, 3.05) is 33.8 Å². The van der Waals surface area contributed by atoms with Gasteiger partial charge in [-0.15, -0.1) is 0 Å². The first-order valence-electron chi connectivity index (χ1n) is 11.0. The summed E-state index contributed by atoms with van der Waals surface area (Å²) in [4.78, 5) is 31.4. The number of esters is 2. The van der Waals surface area contributed by atoms with Gasteiger partial charge in [-0.25, -0.2) is 4.99 Å². The van der Waals surface area contributed by atoms with Crippen LogP contribution in [0.3, 0.4) is 0 Å². The molecule has 186 valence electrons. The monoisotopic (exact) mass is 490 g/mol. The number of allylic oxidation sites excluding steroid dienone is 2. The lowest BCUT2D eigenvalue weighted by atomic mass is 9.82. The highest BCUT2D eigenvalue weighted by Gasteiger charge is 2.59. The molecular weight excluding hydrogens is 464 g/mol. The number of nitrogens with zero attached hydrogens (tertiary/aromatic N) is 1. The molecule has 36 heavy (non-hydrogen) atoms. The summed E-state index contributed by atoms with van der Waals surface area (Å²) >= 11 is 0. The Balaban J connectivity index is 1.95. The minimum atomic E-state index is -1.86. The highest BCUT2D eigenvalue weighted by atomic mass is 16.5. The highest BCUT2D eigenvalue weighted by molar-refractivity contribution is 6.33. The topological polar surface area (TPSA) is 109 Å². The van der Waals surface area contributed by atoms with E-state index in [0.29, 0.717) is 39.9 Å². The molecule has 0 unspecified atom stereocenters. The summed E-state index contributed by atoms with van der Waals surface area (Å²) < 4.78 is 26.4. The van der Waals surface area contributed by atoms with Crippen LogP contribution in [0.15, 0.2) is 82.0 Å². The molecule has 0 bridgehead atoms. The van der Waals surface area contributed by atoms with Crippen molar-refractivity contribution in [3.05, 3.63) is 78.4 Å². The van der Waals surface area contributed by atoms with Gasteiger partial charge in [0.15, 0.2) is 0 Å². The van der Waals surface area contributed by atoms with E-state index in [-0.39, 0.29) is 12.1 Å². The number of carbonyl (C=O) groups excluding carboxylic acids is 2. The second kappa shape index (κ2) is 10.4. The lowest BCUT2D eigenvalue weighted by molar-refractivity contribution is -0.162. The van der Waals surface area contributed by atoms with Crippen molar-refractivity contribution >= 4 is 34.6 Å². The van der Waals surface area contributed by atoms with E-state index in [1.807, 2.05) is 12.1 Å². The Morgan fingerprint density at radius 2 is 1.44 bits per heavy atom. The Kier molecular flexibility index (Phi) is 7.10. The molecule has 0 aliphatic heterocycles. The van der Waals surface area contributed by atoms with Crippen LogP contribution < -0.4 is 14.8 Å². The molecule has 0 atom stereocenters. The van der Waals surface area contributed by atoms with Gasteiger partial charge in [-0.3, -0.25) is 9.59 Å². The molecule has 4 rings (SSSR count). The number of ether oxygens (including phenoxy) is 4. The maximum atomic E-state index is 13.3. The molecule has 0 radical (unpaired) electrons. The summed E-state index contributed by atoms with van der Waals surface area (Å²) in [5, 5.41) is 3.33. The quantitative estimate of drug-likeness (QED) is 0.360. The molecule has 1 heterocycles. The van der Waals surface area contributed by atoms with E-state index >= 15 is 0 Å². The van der Waals surface area contributed by atoms with E-state index in [4.69, 9.17) is 28.4 Å². The predicted molar refractivity (Wildman–Crippen MR) is 133 cm³/mol. The summed E-state index contributed by atoms with van der Waals surface area (Å²) in [5.41, 5.74) is 0.468. The van der Waals surface area contributed by atoms with Crippen LogP contribution in [0.25, 0.3) is 5.57 Å². The normalized spacial score (nSPS) is 15.5. The third-order valence-electron chi connectivity index (χ3n) is 5.94. The third-order valence-corrected chi connectivity index (χ3v) is 5.94. The number of benzene rings is 2. The molecule has 9 heteroatoms. The smallest absolute Gasteiger partial charge is 0.329 e. The van der Waals surface area contributed by atoms with Crippen LogP contribution in [0.5, 0.6) is 11.5 Å². The van der Waals surface area contributed by atoms with Crippen LogP contribution in [-0.4, -0.2) is 46.1 Å². The molecule has 1 aliphatic carbocycles. The van der Waals surface area contributed by atoms with Crippen LogP contribution in [0.2, 0.25) is 0 Å².